The fourth-order valence-electron chi connectivity index (χ4n) is 14.2. The molecular weight excluding hydrogens is 1320 g/mol. The van der Waals surface area contributed by atoms with Crippen molar-refractivity contribution < 1.29 is 19.4 Å². The molecule has 4 aromatic heterocycles. The first kappa shape index (κ1) is 75.4. The SMILES string of the molecule is CC(C)(C)c1ccc(C2=C(c3ccc(C(C)(C)C)cc3)c3nc2nc2[n-]c(nc4[n-]c(c(-c5ccc(C(C)(C)C)cc5)c4-c4ccc(C(C)(C)C)cc4)c4[n-]c(n3)c(-c3ccc(C(C)(C)C)cc3)c4-c3ccc(C(C)(C)C)cc3)c(-c3ccc(C(C)(C)C)cc3)c2-c2ccc(C(C)(C)C)cc2)cc1.[O+]#[Mn]. The summed E-state index contributed by atoms with van der Waals surface area (Å²) < 4.78 is 8.06. The van der Waals surface area contributed by atoms with Crippen LogP contribution in [0, 0.1) is 0 Å². The van der Waals surface area contributed by atoms with Crippen molar-refractivity contribution in [1.29, 1.82) is 0 Å². The normalized spacial score (nSPS) is 13.2. The van der Waals surface area contributed by atoms with E-state index in [2.05, 4.69) is 360 Å². The Morgan fingerprint density at radius 2 is 0.362 bits per heavy atom. The number of benzene rings is 8. The Morgan fingerprint density at radius 1 is 0.200 bits per heavy atom. The second kappa shape index (κ2) is 27.6. The van der Waals surface area contributed by atoms with Crippen molar-refractivity contribution in [2.75, 3.05) is 0 Å². The average Bonchev–Trinajstić information content (AvgIpc) is 1.57. The molecule has 538 valence electrons. The molecule has 0 atom stereocenters. The van der Waals surface area contributed by atoms with Gasteiger partial charge in [-0.25, -0.2) is 4.98 Å². The van der Waals surface area contributed by atoms with Gasteiger partial charge in [0.05, 0.1) is 11.6 Å². The van der Waals surface area contributed by atoms with E-state index in [1.54, 1.807) is 15.8 Å². The van der Waals surface area contributed by atoms with Crippen molar-refractivity contribution >= 4 is 44.8 Å². The molecule has 0 amide bonds. The molecule has 0 saturated carbocycles. The van der Waals surface area contributed by atoms with Crippen LogP contribution < -0.4 is 15.0 Å². The first-order chi connectivity index (χ1) is 49.1. The Labute approximate surface area is 632 Å². The van der Waals surface area contributed by atoms with E-state index in [9.17, 15) is 0 Å². The molecule has 0 radical (unpaired) electrons. The van der Waals surface area contributed by atoms with Crippen LogP contribution >= 0.6 is 0 Å². The fourth-order valence-corrected chi connectivity index (χ4v) is 14.2. The minimum atomic E-state index is -0.118. The molecule has 0 saturated heterocycles. The van der Waals surface area contributed by atoms with Crippen LogP contribution in [0.2, 0.25) is 0 Å². The molecule has 0 spiro atoms. The van der Waals surface area contributed by atoms with Crippen LogP contribution in [0.1, 0.15) is 233 Å². The van der Waals surface area contributed by atoms with Crippen molar-refractivity contribution in [3.63, 3.8) is 0 Å². The zero-order valence-electron chi connectivity index (χ0n) is 66.4. The van der Waals surface area contributed by atoms with Gasteiger partial charge in [0.1, 0.15) is 0 Å². The molecule has 8 bridgehead atoms. The summed E-state index contributed by atoms with van der Waals surface area (Å²) in [6.45, 7) is 54.4. The van der Waals surface area contributed by atoms with Gasteiger partial charge < -0.3 is 29.9 Å². The van der Waals surface area contributed by atoms with E-state index in [1.165, 1.54) is 44.5 Å². The van der Waals surface area contributed by atoms with Gasteiger partial charge in [-0.3, -0.25) is 0 Å². The summed E-state index contributed by atoms with van der Waals surface area (Å²) in [5.41, 5.74) is 26.8. The van der Waals surface area contributed by atoms with Gasteiger partial charge in [0.15, 0.2) is 0 Å². The van der Waals surface area contributed by atoms with E-state index >= 15 is 0 Å². The molecule has 0 unspecified atom stereocenters. The zero-order chi connectivity index (χ0) is 76.1. The molecule has 0 N–H and O–H groups in total. The predicted octanol–water partition coefficient (Wildman–Crippen LogP) is 24.9. The Bertz CT molecular complexity index is 5390. The van der Waals surface area contributed by atoms with Crippen molar-refractivity contribution in [2.45, 2.75) is 209 Å². The van der Waals surface area contributed by atoms with Crippen molar-refractivity contribution in [3.05, 3.63) is 261 Å². The quantitative estimate of drug-likeness (QED) is 0.110. The third-order valence-electron chi connectivity index (χ3n) is 20.9. The van der Waals surface area contributed by atoms with Gasteiger partial charge >= 0.3 is 19.4 Å². The van der Waals surface area contributed by atoms with Gasteiger partial charge in [-0.2, -0.15) is 0 Å². The van der Waals surface area contributed by atoms with Crippen LogP contribution in [0.4, 0.5) is 0 Å². The van der Waals surface area contributed by atoms with Gasteiger partial charge in [0.25, 0.3) is 0 Å². The van der Waals surface area contributed by atoms with Gasteiger partial charge in [-0.15, -0.1) is 0 Å². The van der Waals surface area contributed by atoms with Crippen LogP contribution in [0.5, 0.6) is 0 Å². The van der Waals surface area contributed by atoms with E-state index in [4.69, 9.17) is 38.6 Å². The molecule has 0 aliphatic carbocycles. The Balaban J connectivity index is 0.00000513. The molecule has 1 aliphatic heterocycles. The van der Waals surface area contributed by atoms with Crippen molar-refractivity contribution in [3.8, 4) is 66.8 Å². The van der Waals surface area contributed by atoms with E-state index in [0.717, 1.165) is 89.0 Å². The van der Waals surface area contributed by atoms with Gasteiger partial charge in [-0.1, -0.05) is 360 Å². The number of aromatic nitrogens is 7. The summed E-state index contributed by atoms with van der Waals surface area (Å²) >= 11 is 1.69. The van der Waals surface area contributed by atoms with E-state index in [-0.39, 0.29) is 43.3 Å². The molecule has 0 fully saturated rings. The van der Waals surface area contributed by atoms with Crippen LogP contribution in [0.15, 0.2) is 194 Å². The Hall–Kier alpha value is -9.24. The molecule has 12 aromatic rings. The molecule has 105 heavy (non-hydrogen) atoms. The second-order valence-electron chi connectivity index (χ2n) is 37.0. The van der Waals surface area contributed by atoms with E-state index in [1.807, 2.05) is 0 Å². The summed E-state index contributed by atoms with van der Waals surface area (Å²) in [5, 5.41) is 0. The summed E-state index contributed by atoms with van der Waals surface area (Å²) in [4.78, 5) is 41.9. The first-order valence-corrected chi connectivity index (χ1v) is 37.6. The van der Waals surface area contributed by atoms with E-state index < -0.39 is 0 Å². The number of rotatable bonds is 8. The average molecular weight is 1430 g/mol. The number of hydrogen-bond donors (Lipinski definition) is 0. The molecule has 8 nitrogen and oxygen atoms in total. The topological polar surface area (TPSA) is 114 Å². The molecule has 1 aliphatic rings. The number of fused-ring (bicyclic) bond motifs is 9. The van der Waals surface area contributed by atoms with Gasteiger partial charge in [-0.05, 0) is 188 Å². The maximum absolute atomic E-state index is 8.06. The van der Waals surface area contributed by atoms with Gasteiger partial charge in [0.2, 0.25) is 0 Å². The molecular formula is C96H104MnN7O-2. The molecule has 13 rings (SSSR count). The summed E-state index contributed by atoms with van der Waals surface area (Å²) in [5.74, 6) is 0.963. The minimum absolute atomic E-state index is 0.110. The summed E-state index contributed by atoms with van der Waals surface area (Å²) in [6, 6.07) is 72.3. The zero-order valence-corrected chi connectivity index (χ0v) is 67.6. The van der Waals surface area contributed by atoms with Crippen LogP contribution in [-0.2, 0) is 62.8 Å². The molecule has 9 heteroatoms. The standard InChI is InChI=1S/C96H104N7.Mn.O/c1-89(2,3)65-41-25-57(26-42-65)73-75(59-29-45-67(46-30-59)91(7,8)9)83-97-81(73)82-74(58-27-43-66(44-28-58)90(4,5)6)76(60-31-47-68(48-32-60)92(10,11)12)84(98-82)100-86-78(62-35-51-70(52-36-62)94(16,17)18)80(64-39-55-72(56-40-64)96(22,23)24)88(102-86)103-87-79(63-37-53-71(54-38-63)95(19,20)21)77(85(99-83)101-87)61-33-49-69(50-34-61)93(13,14)15;;/h25-56H,1-24H3;;/q-3;;+1. The Morgan fingerprint density at radius 3 is 0.571 bits per heavy atom. The number of nitrogens with zero attached hydrogens (tertiary/aromatic N) is 7. The number of hydrogen-bond acceptors (Lipinski definition) is 4. The van der Waals surface area contributed by atoms with Crippen molar-refractivity contribution in [1.82, 2.24) is 34.9 Å². The van der Waals surface area contributed by atoms with Crippen molar-refractivity contribution in [2.24, 2.45) is 0 Å². The van der Waals surface area contributed by atoms with Crippen LogP contribution in [0.3, 0.4) is 0 Å². The summed E-state index contributed by atoms with van der Waals surface area (Å²) in [6.07, 6.45) is 0. The van der Waals surface area contributed by atoms with Gasteiger partial charge in [0, 0.05) is 22.4 Å². The fraction of sp³-hybridized carbons (Fsp3) is 0.333. The second-order valence-corrected chi connectivity index (χ2v) is 37.0. The third-order valence-corrected chi connectivity index (χ3v) is 20.9. The van der Waals surface area contributed by atoms with E-state index in [0.29, 0.717) is 45.3 Å². The Kier molecular flexibility index (Phi) is 19.8. The third kappa shape index (κ3) is 15.3. The predicted molar refractivity (Wildman–Crippen MR) is 437 cm³/mol. The van der Waals surface area contributed by atoms with Crippen LogP contribution in [-0.4, -0.2) is 19.9 Å². The van der Waals surface area contributed by atoms with Crippen LogP contribution in [0.25, 0.3) is 112 Å². The first-order valence-electron chi connectivity index (χ1n) is 37.1. The maximum atomic E-state index is 8.06. The molecule has 8 aromatic carbocycles. The molecule has 5 heterocycles. The summed E-state index contributed by atoms with van der Waals surface area (Å²) in [7, 11) is 0. The monoisotopic (exact) mass is 1430 g/mol.